The first-order valence-electron chi connectivity index (χ1n) is 1.92. The Morgan fingerprint density at radius 3 is 1.10 bits per heavy atom. The molecule has 0 rings (SSSR count). The molecule has 8 heteroatoms. The monoisotopic (exact) mass is 178 g/mol. The van der Waals surface area contributed by atoms with Gasteiger partial charge in [-0.05, 0) is 0 Å². The molecule has 0 aliphatic rings. The highest BCUT2D eigenvalue weighted by molar-refractivity contribution is 7.45. The van der Waals surface area contributed by atoms with Crippen LogP contribution in [0.25, 0.3) is 0 Å². The fourth-order valence-corrected chi connectivity index (χ4v) is 0. The van der Waals surface area contributed by atoms with Crippen molar-refractivity contribution < 1.29 is 34.9 Å². The molecule has 0 aliphatic carbocycles. The van der Waals surface area contributed by atoms with E-state index in [1.165, 1.54) is 0 Å². The van der Waals surface area contributed by atoms with Crippen molar-refractivity contribution >= 4 is 7.82 Å². The standard InChI is InChI=1S/C2H6O2.H3O4P.H2O/c3-1-2-4;1-5(2,3)4;/h3-4H,1-2H2;(H3,1,2,3,4);1H2. The fourth-order valence-electron chi connectivity index (χ4n) is 0. The van der Waals surface area contributed by atoms with Crippen LogP contribution < -0.4 is 0 Å². The Balaban J connectivity index is -0.0000000910. The van der Waals surface area contributed by atoms with Gasteiger partial charge in [0.05, 0.1) is 13.2 Å². The van der Waals surface area contributed by atoms with Gasteiger partial charge in [0, 0.05) is 0 Å². The number of phosphoric acid groups is 1. The molecule has 0 spiro atoms. The van der Waals surface area contributed by atoms with E-state index in [-0.39, 0.29) is 18.7 Å². The van der Waals surface area contributed by atoms with E-state index in [0.29, 0.717) is 0 Å². The SMILES string of the molecule is O.O=P(O)(O)O.OCCO. The molecule has 7 nitrogen and oxygen atoms in total. The zero-order valence-corrected chi connectivity index (χ0v) is 5.90. The summed E-state index contributed by atoms with van der Waals surface area (Å²) in [5.41, 5.74) is 0. The van der Waals surface area contributed by atoms with Gasteiger partial charge in [0.15, 0.2) is 0 Å². The summed E-state index contributed by atoms with van der Waals surface area (Å²) in [5.74, 6) is 0. The normalized spacial score (nSPS) is 8.90. The van der Waals surface area contributed by atoms with Gasteiger partial charge in [-0.15, -0.1) is 0 Å². The summed E-state index contributed by atoms with van der Waals surface area (Å²) in [7, 11) is -4.64. The van der Waals surface area contributed by atoms with E-state index in [1.807, 2.05) is 0 Å². The lowest BCUT2D eigenvalue weighted by Gasteiger charge is -1.82. The number of hydrogen-bond acceptors (Lipinski definition) is 3. The van der Waals surface area contributed by atoms with Crippen molar-refractivity contribution in [3.8, 4) is 0 Å². The van der Waals surface area contributed by atoms with E-state index < -0.39 is 7.82 Å². The zero-order valence-electron chi connectivity index (χ0n) is 5.01. The maximum Gasteiger partial charge on any atom is 0.466 e. The van der Waals surface area contributed by atoms with E-state index in [2.05, 4.69) is 0 Å². The Bertz CT molecular complexity index is 75.3. The van der Waals surface area contributed by atoms with Crippen LogP contribution in [0.1, 0.15) is 0 Å². The van der Waals surface area contributed by atoms with Gasteiger partial charge in [-0.25, -0.2) is 4.57 Å². The van der Waals surface area contributed by atoms with Crippen LogP contribution >= 0.6 is 7.82 Å². The van der Waals surface area contributed by atoms with Crippen LogP contribution in [0.4, 0.5) is 0 Å². The molecule has 0 radical (unpaired) electrons. The third-order valence-corrected chi connectivity index (χ3v) is 0.1000. The first-order valence-corrected chi connectivity index (χ1v) is 3.48. The Morgan fingerprint density at radius 1 is 1.00 bits per heavy atom. The van der Waals surface area contributed by atoms with Gasteiger partial charge in [0.25, 0.3) is 0 Å². The molecule has 0 saturated heterocycles. The van der Waals surface area contributed by atoms with E-state index in [0.717, 1.165) is 0 Å². The van der Waals surface area contributed by atoms with Crippen molar-refractivity contribution in [1.29, 1.82) is 0 Å². The maximum atomic E-state index is 8.88. The van der Waals surface area contributed by atoms with Crippen molar-refractivity contribution in [2.75, 3.05) is 13.2 Å². The molecule has 0 aliphatic heterocycles. The number of rotatable bonds is 1. The van der Waals surface area contributed by atoms with E-state index >= 15 is 0 Å². The lowest BCUT2D eigenvalue weighted by molar-refractivity contribution is 0.186. The average Bonchev–Trinajstić information content (AvgIpc) is 1.61. The molecular formula is C2H11O7P. The Labute approximate surface area is 57.1 Å². The van der Waals surface area contributed by atoms with Crippen molar-refractivity contribution in [3.63, 3.8) is 0 Å². The van der Waals surface area contributed by atoms with Crippen molar-refractivity contribution in [2.45, 2.75) is 0 Å². The maximum absolute atomic E-state index is 8.88. The molecule has 10 heavy (non-hydrogen) atoms. The van der Waals surface area contributed by atoms with E-state index in [1.54, 1.807) is 0 Å². The predicted molar refractivity (Wildman–Crippen MR) is 32.0 cm³/mol. The van der Waals surface area contributed by atoms with Crippen LogP contribution in [0, 0.1) is 0 Å². The molecule has 0 aromatic rings. The van der Waals surface area contributed by atoms with E-state index in [9.17, 15) is 0 Å². The first-order chi connectivity index (χ1) is 3.91. The molecule has 0 saturated carbocycles. The second-order valence-corrected chi connectivity index (χ2v) is 1.99. The highest BCUT2D eigenvalue weighted by Gasteiger charge is 2.00. The van der Waals surface area contributed by atoms with Gasteiger partial charge < -0.3 is 30.4 Å². The highest BCUT2D eigenvalue weighted by atomic mass is 31.2. The molecule has 0 aromatic carbocycles. The molecule has 0 unspecified atom stereocenters. The average molecular weight is 178 g/mol. The fraction of sp³-hybridized carbons (Fsp3) is 1.00. The zero-order chi connectivity index (χ0) is 7.91. The van der Waals surface area contributed by atoms with Crippen LogP contribution in [0.3, 0.4) is 0 Å². The van der Waals surface area contributed by atoms with Crippen LogP contribution in [-0.2, 0) is 4.57 Å². The van der Waals surface area contributed by atoms with Gasteiger partial charge >= 0.3 is 7.82 Å². The van der Waals surface area contributed by atoms with Gasteiger partial charge in [-0.2, -0.15) is 0 Å². The van der Waals surface area contributed by atoms with Gasteiger partial charge in [0.2, 0.25) is 0 Å². The summed E-state index contributed by atoms with van der Waals surface area (Å²) in [6.45, 7) is -0.250. The van der Waals surface area contributed by atoms with Crippen LogP contribution in [0.15, 0.2) is 0 Å². The molecule has 66 valence electrons. The second kappa shape index (κ2) is 8.99. The molecule has 0 amide bonds. The molecule has 0 bridgehead atoms. The van der Waals surface area contributed by atoms with Crippen molar-refractivity contribution in [3.05, 3.63) is 0 Å². The summed E-state index contributed by atoms with van der Waals surface area (Å²) < 4.78 is 8.88. The molecule has 0 atom stereocenters. The van der Waals surface area contributed by atoms with Gasteiger partial charge in [-0.3, -0.25) is 0 Å². The Kier molecular flexibility index (Phi) is 14.9. The Morgan fingerprint density at radius 2 is 1.10 bits per heavy atom. The minimum Gasteiger partial charge on any atom is -0.412 e. The second-order valence-electron chi connectivity index (χ2n) is 0.960. The van der Waals surface area contributed by atoms with Gasteiger partial charge in [-0.1, -0.05) is 0 Å². The highest BCUT2D eigenvalue weighted by Crippen LogP contribution is 2.25. The third-order valence-electron chi connectivity index (χ3n) is 0.1000. The molecular weight excluding hydrogens is 167 g/mol. The van der Waals surface area contributed by atoms with Gasteiger partial charge in [0.1, 0.15) is 0 Å². The number of aliphatic hydroxyl groups is 2. The van der Waals surface area contributed by atoms with Crippen molar-refractivity contribution in [1.82, 2.24) is 0 Å². The summed E-state index contributed by atoms with van der Waals surface area (Å²) in [4.78, 5) is 21.6. The topological polar surface area (TPSA) is 150 Å². The Hall–Kier alpha value is -0.0100. The first kappa shape index (κ1) is 16.5. The number of aliphatic hydroxyl groups excluding tert-OH is 2. The van der Waals surface area contributed by atoms with Crippen LogP contribution in [0.5, 0.6) is 0 Å². The molecule has 0 aromatic heterocycles. The summed E-state index contributed by atoms with van der Waals surface area (Å²) in [6.07, 6.45) is 0. The quantitative estimate of drug-likeness (QED) is 0.274. The third kappa shape index (κ3) is 398. The number of hydrogen-bond donors (Lipinski definition) is 5. The summed E-state index contributed by atoms with van der Waals surface area (Å²) in [6, 6.07) is 0. The predicted octanol–water partition coefficient (Wildman–Crippen LogP) is -2.78. The summed E-state index contributed by atoms with van der Waals surface area (Å²) in [5, 5.41) is 15.2. The summed E-state index contributed by atoms with van der Waals surface area (Å²) >= 11 is 0. The molecule has 0 heterocycles. The molecule has 7 N–H and O–H groups in total. The smallest absolute Gasteiger partial charge is 0.412 e. The van der Waals surface area contributed by atoms with Crippen LogP contribution in [-0.4, -0.2) is 43.6 Å². The molecule has 0 fully saturated rings. The van der Waals surface area contributed by atoms with Crippen LogP contribution in [0.2, 0.25) is 0 Å². The largest absolute Gasteiger partial charge is 0.466 e. The minimum atomic E-state index is -4.64. The van der Waals surface area contributed by atoms with E-state index in [4.69, 9.17) is 29.5 Å². The minimum absolute atomic E-state index is 0. The lowest BCUT2D eigenvalue weighted by Crippen LogP contribution is -1.85. The lowest BCUT2D eigenvalue weighted by atomic mass is 10.8. The van der Waals surface area contributed by atoms with Crippen molar-refractivity contribution in [2.24, 2.45) is 0 Å².